The van der Waals surface area contributed by atoms with Gasteiger partial charge in [0.2, 0.25) is 17.7 Å². The molecular formula is C24H33N5O5S2. The fraction of sp³-hybridized carbons (Fsp3) is 0.500. The molecule has 10 nitrogen and oxygen atoms in total. The van der Waals surface area contributed by atoms with Crippen LogP contribution in [0.25, 0.3) is 10.9 Å². The van der Waals surface area contributed by atoms with Gasteiger partial charge < -0.3 is 31.4 Å². The third kappa shape index (κ3) is 6.74. The van der Waals surface area contributed by atoms with Gasteiger partial charge in [0.05, 0.1) is 6.04 Å². The third-order valence-corrected chi connectivity index (χ3v) is 7.33. The fourth-order valence-corrected chi connectivity index (χ4v) is 5.09. The van der Waals surface area contributed by atoms with E-state index in [1.807, 2.05) is 30.5 Å². The number of thiol groups is 1. The summed E-state index contributed by atoms with van der Waals surface area (Å²) in [5, 5.41) is 15.8. The number of aliphatic carboxylic acids is 1. The Balaban J connectivity index is 1.63. The highest BCUT2D eigenvalue weighted by Crippen LogP contribution is 2.21. The van der Waals surface area contributed by atoms with Gasteiger partial charge in [-0.1, -0.05) is 18.2 Å². The Hall–Kier alpha value is -2.70. The number of fused-ring (bicyclic) bond motifs is 1. The molecule has 4 unspecified atom stereocenters. The molecular weight excluding hydrogens is 502 g/mol. The van der Waals surface area contributed by atoms with E-state index in [1.165, 1.54) is 4.90 Å². The number of nitrogens with two attached hydrogens (primary N) is 1. The molecule has 3 amide bonds. The van der Waals surface area contributed by atoms with E-state index in [0.29, 0.717) is 25.8 Å². The molecule has 1 saturated heterocycles. The van der Waals surface area contributed by atoms with Crippen molar-refractivity contribution in [3.63, 3.8) is 0 Å². The maximum Gasteiger partial charge on any atom is 0.326 e. The van der Waals surface area contributed by atoms with E-state index in [0.717, 1.165) is 22.2 Å². The SMILES string of the molecule is CSCCC(N)C(=O)N1CCCC1C(=O)NC(CS)C(=O)NC(Cc1c[nH]c2ccccc12)C(=O)O. The third-order valence-electron chi connectivity index (χ3n) is 6.32. The van der Waals surface area contributed by atoms with Crippen molar-refractivity contribution in [2.75, 3.05) is 24.3 Å². The minimum atomic E-state index is -1.20. The maximum absolute atomic E-state index is 13.0. The normalized spacial score (nSPS) is 18.0. The number of H-pyrrole nitrogens is 1. The molecule has 2 aromatic rings. The number of hydrogen-bond acceptors (Lipinski definition) is 7. The van der Waals surface area contributed by atoms with Crippen molar-refractivity contribution in [2.45, 2.75) is 49.9 Å². The Morgan fingerprint density at radius 2 is 2.00 bits per heavy atom. The molecule has 1 aliphatic heterocycles. The molecule has 3 rings (SSSR count). The minimum absolute atomic E-state index is 0.0368. The van der Waals surface area contributed by atoms with E-state index >= 15 is 0 Å². The molecule has 0 saturated carbocycles. The highest BCUT2D eigenvalue weighted by Gasteiger charge is 2.37. The number of likely N-dealkylation sites (tertiary alicyclic amines) is 1. The van der Waals surface area contributed by atoms with Crippen LogP contribution in [0.2, 0.25) is 0 Å². The number of carboxylic acid groups (broad SMARTS) is 1. The number of benzene rings is 1. The quantitative estimate of drug-likeness (QED) is 0.219. The molecule has 6 N–H and O–H groups in total. The zero-order valence-electron chi connectivity index (χ0n) is 20.1. The van der Waals surface area contributed by atoms with Crippen LogP contribution in [-0.4, -0.2) is 87.2 Å². The van der Waals surface area contributed by atoms with Crippen LogP contribution in [0.3, 0.4) is 0 Å². The fourth-order valence-electron chi connectivity index (χ4n) is 4.34. The lowest BCUT2D eigenvalue weighted by molar-refractivity contribution is -0.142. The summed E-state index contributed by atoms with van der Waals surface area (Å²) in [4.78, 5) is 55.2. The van der Waals surface area contributed by atoms with E-state index < -0.39 is 42.0 Å². The van der Waals surface area contributed by atoms with Gasteiger partial charge in [0.25, 0.3) is 0 Å². The lowest BCUT2D eigenvalue weighted by Crippen LogP contribution is -2.57. The number of aromatic amines is 1. The van der Waals surface area contributed by atoms with Gasteiger partial charge in [-0.25, -0.2) is 4.79 Å². The van der Waals surface area contributed by atoms with Crippen LogP contribution in [-0.2, 0) is 25.6 Å². The van der Waals surface area contributed by atoms with Gasteiger partial charge in [-0.2, -0.15) is 24.4 Å². The molecule has 2 heterocycles. The van der Waals surface area contributed by atoms with Crippen molar-refractivity contribution in [3.8, 4) is 0 Å². The molecule has 1 aromatic heterocycles. The summed E-state index contributed by atoms with van der Waals surface area (Å²) < 4.78 is 0. The predicted octanol–water partition coefficient (Wildman–Crippen LogP) is 0.766. The van der Waals surface area contributed by atoms with E-state index in [-0.39, 0.29) is 18.1 Å². The Morgan fingerprint density at radius 1 is 1.25 bits per heavy atom. The molecule has 0 bridgehead atoms. The van der Waals surface area contributed by atoms with Gasteiger partial charge in [-0.05, 0) is 42.9 Å². The van der Waals surface area contributed by atoms with Crippen LogP contribution in [0, 0.1) is 0 Å². The summed E-state index contributed by atoms with van der Waals surface area (Å²) in [6.07, 6.45) is 5.35. The molecule has 1 fully saturated rings. The molecule has 0 aliphatic carbocycles. The first kappa shape index (κ1) is 27.9. The summed E-state index contributed by atoms with van der Waals surface area (Å²) in [6.45, 7) is 0.424. The first-order valence-corrected chi connectivity index (χ1v) is 13.8. The summed E-state index contributed by atoms with van der Waals surface area (Å²) >= 11 is 5.78. The van der Waals surface area contributed by atoms with Crippen molar-refractivity contribution in [2.24, 2.45) is 5.73 Å². The van der Waals surface area contributed by atoms with Crippen molar-refractivity contribution in [1.29, 1.82) is 0 Å². The molecule has 0 spiro atoms. The van der Waals surface area contributed by atoms with Gasteiger partial charge >= 0.3 is 5.97 Å². The Bertz CT molecular complexity index is 1090. The molecule has 36 heavy (non-hydrogen) atoms. The van der Waals surface area contributed by atoms with Crippen molar-refractivity contribution in [3.05, 3.63) is 36.0 Å². The second kappa shape index (κ2) is 13.0. The number of aromatic nitrogens is 1. The maximum atomic E-state index is 13.0. The van der Waals surface area contributed by atoms with Gasteiger partial charge in [0, 0.05) is 35.8 Å². The number of amides is 3. The molecule has 4 atom stereocenters. The number of hydrogen-bond donors (Lipinski definition) is 6. The number of carbonyl (C=O) groups is 4. The van der Waals surface area contributed by atoms with Gasteiger partial charge in [0.15, 0.2) is 0 Å². The van der Waals surface area contributed by atoms with Gasteiger partial charge in [-0.15, -0.1) is 0 Å². The van der Waals surface area contributed by atoms with Crippen LogP contribution in [0.1, 0.15) is 24.8 Å². The van der Waals surface area contributed by atoms with E-state index in [9.17, 15) is 24.3 Å². The van der Waals surface area contributed by atoms with Crippen LogP contribution >= 0.6 is 24.4 Å². The second-order valence-corrected chi connectivity index (χ2v) is 10.1. The average molecular weight is 536 g/mol. The number of rotatable bonds is 12. The smallest absolute Gasteiger partial charge is 0.326 e. The number of carbonyl (C=O) groups excluding carboxylic acids is 3. The summed E-state index contributed by atoms with van der Waals surface area (Å²) in [5.41, 5.74) is 7.64. The number of nitrogens with zero attached hydrogens (tertiary/aromatic N) is 1. The number of thioether (sulfide) groups is 1. The molecule has 1 aromatic carbocycles. The summed E-state index contributed by atoms with van der Waals surface area (Å²) in [6, 6.07) is 3.81. The van der Waals surface area contributed by atoms with Crippen LogP contribution in [0.15, 0.2) is 30.5 Å². The highest BCUT2D eigenvalue weighted by molar-refractivity contribution is 7.98. The standard InChI is InChI=1S/C24H33N5O5S2/c1-36-10-8-16(25)23(32)29-9-4-7-20(29)22(31)28-19(13-35)21(30)27-18(24(33)34)11-14-12-26-17-6-3-2-5-15(14)17/h2-3,5-6,12,16,18-20,26,35H,4,7-11,13,25H2,1H3,(H,27,30)(H,28,31)(H,33,34). The van der Waals surface area contributed by atoms with Crippen molar-refractivity contribution in [1.82, 2.24) is 20.5 Å². The van der Waals surface area contributed by atoms with Crippen molar-refractivity contribution < 1.29 is 24.3 Å². The van der Waals surface area contributed by atoms with Crippen LogP contribution in [0.5, 0.6) is 0 Å². The molecule has 196 valence electrons. The Kier molecular flexibility index (Phi) is 10.1. The first-order valence-electron chi connectivity index (χ1n) is 11.8. The second-order valence-electron chi connectivity index (χ2n) is 8.78. The summed E-state index contributed by atoms with van der Waals surface area (Å²) in [7, 11) is 0. The molecule has 12 heteroatoms. The minimum Gasteiger partial charge on any atom is -0.480 e. The largest absolute Gasteiger partial charge is 0.480 e. The zero-order valence-corrected chi connectivity index (χ0v) is 21.8. The number of para-hydroxylation sites is 1. The lowest BCUT2D eigenvalue weighted by Gasteiger charge is -2.28. The highest BCUT2D eigenvalue weighted by atomic mass is 32.2. The first-order chi connectivity index (χ1) is 17.3. The number of nitrogens with one attached hydrogen (secondary N) is 3. The molecule has 1 aliphatic rings. The number of carboxylic acids is 1. The topological polar surface area (TPSA) is 158 Å². The summed E-state index contributed by atoms with van der Waals surface area (Å²) in [5.74, 6) is -1.90. The van der Waals surface area contributed by atoms with E-state index in [1.54, 1.807) is 18.0 Å². The lowest BCUT2D eigenvalue weighted by atomic mass is 10.0. The van der Waals surface area contributed by atoms with Gasteiger partial charge in [-0.3, -0.25) is 14.4 Å². The average Bonchev–Trinajstić information content (AvgIpc) is 3.52. The monoisotopic (exact) mass is 535 g/mol. The van der Waals surface area contributed by atoms with Crippen molar-refractivity contribution >= 4 is 59.0 Å². The Labute approximate surface area is 219 Å². The van der Waals surface area contributed by atoms with E-state index in [2.05, 4.69) is 28.2 Å². The van der Waals surface area contributed by atoms with Gasteiger partial charge in [0.1, 0.15) is 18.1 Å². The Morgan fingerprint density at radius 3 is 2.69 bits per heavy atom. The van der Waals surface area contributed by atoms with E-state index in [4.69, 9.17) is 5.73 Å². The predicted molar refractivity (Wildman–Crippen MR) is 143 cm³/mol. The zero-order chi connectivity index (χ0) is 26.2. The molecule has 0 radical (unpaired) electrons. The van der Waals surface area contributed by atoms with Crippen LogP contribution in [0.4, 0.5) is 0 Å². The van der Waals surface area contributed by atoms with Crippen LogP contribution < -0.4 is 16.4 Å².